The first-order valence-electron chi connectivity index (χ1n) is 4.85. The molecule has 1 aliphatic rings. The molecule has 82 valence electrons. The van der Waals surface area contributed by atoms with Crippen LogP contribution >= 0.6 is 0 Å². The normalized spacial score (nSPS) is 19.3. The predicted molar refractivity (Wildman–Crippen MR) is 50.1 cm³/mol. The fourth-order valence-corrected chi connectivity index (χ4v) is 1.94. The molecule has 1 heterocycles. The van der Waals surface area contributed by atoms with Crippen molar-refractivity contribution in [1.82, 2.24) is 14.8 Å². The van der Waals surface area contributed by atoms with Gasteiger partial charge in [-0.05, 0) is 17.8 Å². The maximum absolute atomic E-state index is 10.3. The molecular weight excluding hydrogens is 200 g/mol. The van der Waals surface area contributed by atoms with E-state index in [1.165, 1.54) is 11.0 Å². The van der Waals surface area contributed by atoms with E-state index in [1.807, 2.05) is 0 Å². The molecule has 0 saturated heterocycles. The smallest absolute Gasteiger partial charge is 0.390 e. The molecule has 0 amide bonds. The van der Waals surface area contributed by atoms with Crippen molar-refractivity contribution in [1.29, 1.82) is 0 Å². The minimum absolute atomic E-state index is 0.286. The SMILES string of the molecule is O=[N+]([O-])c1ncn(CC2(O)CCCC2)n1. The van der Waals surface area contributed by atoms with Gasteiger partial charge in [-0.1, -0.05) is 17.8 Å². The van der Waals surface area contributed by atoms with Crippen LogP contribution in [0.5, 0.6) is 0 Å². The third-order valence-electron chi connectivity index (χ3n) is 2.68. The van der Waals surface area contributed by atoms with E-state index >= 15 is 0 Å². The first-order valence-corrected chi connectivity index (χ1v) is 4.85. The molecule has 0 bridgehead atoms. The molecule has 0 radical (unpaired) electrons. The summed E-state index contributed by atoms with van der Waals surface area (Å²) in [5.74, 6) is -0.420. The Kier molecular flexibility index (Phi) is 2.39. The van der Waals surface area contributed by atoms with Gasteiger partial charge in [0.2, 0.25) is 6.33 Å². The number of hydrogen-bond acceptors (Lipinski definition) is 5. The maximum Gasteiger partial charge on any atom is 0.490 e. The van der Waals surface area contributed by atoms with Crippen molar-refractivity contribution in [3.63, 3.8) is 0 Å². The Morgan fingerprint density at radius 3 is 2.80 bits per heavy atom. The molecule has 0 unspecified atom stereocenters. The highest BCUT2D eigenvalue weighted by Crippen LogP contribution is 2.30. The first kappa shape index (κ1) is 10.0. The minimum atomic E-state index is -0.762. The Morgan fingerprint density at radius 1 is 1.60 bits per heavy atom. The Morgan fingerprint density at radius 2 is 2.27 bits per heavy atom. The monoisotopic (exact) mass is 212 g/mol. The second-order valence-electron chi connectivity index (χ2n) is 3.93. The van der Waals surface area contributed by atoms with Gasteiger partial charge in [-0.25, -0.2) is 0 Å². The molecule has 2 rings (SSSR count). The predicted octanol–water partition coefficient (Wildman–Crippen LogP) is 0.491. The van der Waals surface area contributed by atoms with E-state index in [0.717, 1.165) is 25.7 Å². The van der Waals surface area contributed by atoms with Crippen molar-refractivity contribution in [2.24, 2.45) is 0 Å². The van der Waals surface area contributed by atoms with Gasteiger partial charge in [0.25, 0.3) is 0 Å². The summed E-state index contributed by atoms with van der Waals surface area (Å²) in [6.07, 6.45) is 4.72. The lowest BCUT2D eigenvalue weighted by atomic mass is 10.0. The summed E-state index contributed by atoms with van der Waals surface area (Å²) < 4.78 is 1.34. The standard InChI is InChI=1S/C8H12N4O3/c13-8(3-1-2-4-8)5-11-6-9-7(10-11)12(14)15/h6,13H,1-5H2. The average Bonchev–Trinajstić information content (AvgIpc) is 2.75. The van der Waals surface area contributed by atoms with Gasteiger partial charge in [0.15, 0.2) is 0 Å². The number of hydrogen-bond donors (Lipinski definition) is 1. The molecule has 7 nitrogen and oxygen atoms in total. The van der Waals surface area contributed by atoms with Gasteiger partial charge >= 0.3 is 5.95 Å². The molecule has 1 aliphatic carbocycles. The van der Waals surface area contributed by atoms with Crippen LogP contribution in [-0.2, 0) is 6.54 Å². The van der Waals surface area contributed by atoms with E-state index in [1.54, 1.807) is 0 Å². The van der Waals surface area contributed by atoms with Crippen LogP contribution in [0.4, 0.5) is 5.95 Å². The second kappa shape index (κ2) is 3.58. The van der Waals surface area contributed by atoms with Gasteiger partial charge in [0, 0.05) is 5.10 Å². The molecule has 1 fully saturated rings. The minimum Gasteiger partial charge on any atom is -0.390 e. The highest BCUT2D eigenvalue weighted by molar-refractivity contribution is 4.98. The lowest BCUT2D eigenvalue weighted by Crippen LogP contribution is -2.30. The van der Waals surface area contributed by atoms with Crippen LogP contribution in [-0.4, -0.2) is 30.4 Å². The van der Waals surface area contributed by atoms with Crippen molar-refractivity contribution in [2.75, 3.05) is 0 Å². The largest absolute Gasteiger partial charge is 0.490 e. The molecule has 1 N–H and O–H groups in total. The molecule has 0 atom stereocenters. The van der Waals surface area contributed by atoms with Crippen LogP contribution in [0.3, 0.4) is 0 Å². The van der Waals surface area contributed by atoms with Gasteiger partial charge in [-0.15, -0.1) is 0 Å². The third-order valence-corrected chi connectivity index (χ3v) is 2.68. The molecular formula is C8H12N4O3. The zero-order valence-electron chi connectivity index (χ0n) is 8.17. The molecule has 1 saturated carbocycles. The summed E-state index contributed by atoms with van der Waals surface area (Å²) in [4.78, 5) is 13.2. The Balaban J connectivity index is 2.07. The third kappa shape index (κ3) is 2.12. The fraction of sp³-hybridized carbons (Fsp3) is 0.750. The number of nitrogens with zero attached hydrogens (tertiary/aromatic N) is 4. The summed E-state index contributed by atoms with van der Waals surface area (Å²) in [5.41, 5.74) is -0.762. The van der Waals surface area contributed by atoms with Crippen LogP contribution in [0.2, 0.25) is 0 Å². The second-order valence-corrected chi connectivity index (χ2v) is 3.93. The molecule has 1 aromatic heterocycles. The first-order chi connectivity index (χ1) is 7.09. The number of rotatable bonds is 3. The van der Waals surface area contributed by atoms with Gasteiger partial charge in [-0.3, -0.25) is 0 Å². The Hall–Kier alpha value is -1.50. The number of aliphatic hydroxyl groups is 1. The van der Waals surface area contributed by atoms with E-state index in [0.29, 0.717) is 0 Å². The van der Waals surface area contributed by atoms with Crippen molar-refractivity contribution >= 4 is 5.95 Å². The fourth-order valence-electron chi connectivity index (χ4n) is 1.94. The number of nitro groups is 1. The summed E-state index contributed by atoms with van der Waals surface area (Å²) in [6.45, 7) is 0.286. The highest BCUT2D eigenvalue weighted by atomic mass is 16.6. The van der Waals surface area contributed by atoms with E-state index in [4.69, 9.17) is 0 Å². The molecule has 0 aliphatic heterocycles. The summed E-state index contributed by atoms with van der Waals surface area (Å²) in [5, 5.41) is 24.0. The topological polar surface area (TPSA) is 94.1 Å². The Labute approximate surface area is 85.9 Å². The van der Waals surface area contributed by atoms with Gasteiger partial charge in [-0.2, -0.15) is 4.68 Å². The molecule has 7 heteroatoms. The zero-order chi connectivity index (χ0) is 10.9. The molecule has 0 spiro atoms. The quantitative estimate of drug-likeness (QED) is 0.581. The molecule has 15 heavy (non-hydrogen) atoms. The van der Waals surface area contributed by atoms with Crippen LogP contribution < -0.4 is 0 Å². The highest BCUT2D eigenvalue weighted by Gasteiger charge is 2.33. The molecule has 0 aromatic carbocycles. The summed E-state index contributed by atoms with van der Waals surface area (Å²) in [6, 6.07) is 0. The van der Waals surface area contributed by atoms with Crippen molar-refractivity contribution in [3.8, 4) is 0 Å². The average molecular weight is 212 g/mol. The van der Waals surface area contributed by atoms with Crippen molar-refractivity contribution in [3.05, 3.63) is 16.4 Å². The van der Waals surface area contributed by atoms with Crippen molar-refractivity contribution < 1.29 is 10.0 Å². The van der Waals surface area contributed by atoms with E-state index < -0.39 is 16.5 Å². The van der Waals surface area contributed by atoms with E-state index in [-0.39, 0.29) is 6.54 Å². The van der Waals surface area contributed by atoms with Gasteiger partial charge < -0.3 is 15.2 Å². The maximum atomic E-state index is 10.3. The van der Waals surface area contributed by atoms with Crippen LogP contribution in [0.15, 0.2) is 6.33 Å². The Bertz CT molecular complexity index is 370. The van der Waals surface area contributed by atoms with Gasteiger partial charge in [0.05, 0.1) is 12.1 Å². The van der Waals surface area contributed by atoms with E-state index in [9.17, 15) is 15.2 Å². The van der Waals surface area contributed by atoms with Crippen LogP contribution in [0.1, 0.15) is 25.7 Å². The summed E-state index contributed by atoms with van der Waals surface area (Å²) in [7, 11) is 0. The number of aromatic nitrogens is 3. The van der Waals surface area contributed by atoms with Gasteiger partial charge in [0.1, 0.15) is 0 Å². The zero-order valence-corrected chi connectivity index (χ0v) is 8.17. The lowest BCUT2D eigenvalue weighted by molar-refractivity contribution is -0.394. The summed E-state index contributed by atoms with van der Waals surface area (Å²) >= 11 is 0. The molecule has 1 aromatic rings. The van der Waals surface area contributed by atoms with Crippen molar-refractivity contribution in [2.45, 2.75) is 37.8 Å². The van der Waals surface area contributed by atoms with Crippen LogP contribution in [0, 0.1) is 10.1 Å². The van der Waals surface area contributed by atoms with Crippen LogP contribution in [0.25, 0.3) is 0 Å². The lowest BCUT2D eigenvalue weighted by Gasteiger charge is -2.19. The van der Waals surface area contributed by atoms with E-state index in [2.05, 4.69) is 10.1 Å².